The van der Waals surface area contributed by atoms with Crippen LogP contribution < -0.4 is 5.32 Å². The predicted octanol–water partition coefficient (Wildman–Crippen LogP) is 6.53. The van der Waals surface area contributed by atoms with Gasteiger partial charge in [-0.2, -0.15) is 0 Å². The summed E-state index contributed by atoms with van der Waals surface area (Å²) in [6.45, 7) is 4.13. The number of anilines is 1. The van der Waals surface area contributed by atoms with Gasteiger partial charge in [0.2, 0.25) is 5.89 Å². The van der Waals surface area contributed by atoms with Gasteiger partial charge in [0.1, 0.15) is 12.0 Å². The molecule has 0 saturated carbocycles. The molecule has 1 heterocycles. The fourth-order valence-electron chi connectivity index (χ4n) is 3.13. The van der Waals surface area contributed by atoms with Gasteiger partial charge in [0.25, 0.3) is 5.91 Å². The Labute approximate surface area is 174 Å². The maximum absolute atomic E-state index is 12.3. The standard InChI is InChI=1S/C24H19ClN2O2/c1-15-3-12-21(16(2)13-15)22-14-29-24(27-22)18-6-10-20(11-7-18)26-23(28)17-4-8-19(25)9-5-17/h3-14H,1-2H3,(H,26,28). The molecule has 0 aliphatic carbocycles. The molecule has 0 bridgehead atoms. The molecular weight excluding hydrogens is 384 g/mol. The van der Waals surface area contributed by atoms with Gasteiger partial charge in [-0.05, 0) is 67.9 Å². The Bertz CT molecular complexity index is 1160. The van der Waals surface area contributed by atoms with Crippen molar-refractivity contribution in [3.63, 3.8) is 0 Å². The number of hydrogen-bond donors (Lipinski definition) is 1. The van der Waals surface area contributed by atoms with E-state index in [1.54, 1.807) is 30.5 Å². The SMILES string of the molecule is Cc1ccc(-c2coc(-c3ccc(NC(=O)c4ccc(Cl)cc4)cc3)n2)c(C)c1. The highest BCUT2D eigenvalue weighted by Crippen LogP contribution is 2.28. The van der Waals surface area contributed by atoms with Crippen molar-refractivity contribution in [1.29, 1.82) is 0 Å². The highest BCUT2D eigenvalue weighted by Gasteiger charge is 2.11. The summed E-state index contributed by atoms with van der Waals surface area (Å²) >= 11 is 5.86. The smallest absolute Gasteiger partial charge is 0.255 e. The summed E-state index contributed by atoms with van der Waals surface area (Å²) < 4.78 is 5.68. The van der Waals surface area contributed by atoms with E-state index < -0.39 is 0 Å². The first-order valence-corrected chi connectivity index (χ1v) is 9.58. The summed E-state index contributed by atoms with van der Waals surface area (Å²) in [5, 5.41) is 3.46. The molecule has 0 atom stereocenters. The van der Waals surface area contributed by atoms with Crippen LogP contribution in [0, 0.1) is 13.8 Å². The molecule has 0 aliphatic rings. The molecule has 4 nitrogen and oxygen atoms in total. The summed E-state index contributed by atoms with van der Waals surface area (Å²) in [6, 6.07) is 20.4. The Morgan fingerprint density at radius 3 is 2.38 bits per heavy atom. The largest absolute Gasteiger partial charge is 0.444 e. The zero-order valence-electron chi connectivity index (χ0n) is 16.1. The average molecular weight is 403 g/mol. The molecule has 1 aromatic heterocycles. The number of carbonyl (C=O) groups is 1. The van der Waals surface area contributed by atoms with Crippen LogP contribution in [0.3, 0.4) is 0 Å². The van der Waals surface area contributed by atoms with Gasteiger partial charge in [0, 0.05) is 27.4 Å². The van der Waals surface area contributed by atoms with E-state index in [1.165, 1.54) is 5.56 Å². The fraction of sp³-hybridized carbons (Fsp3) is 0.0833. The van der Waals surface area contributed by atoms with Gasteiger partial charge in [0.05, 0.1) is 0 Å². The second-order valence-corrected chi connectivity index (χ2v) is 7.33. The van der Waals surface area contributed by atoms with E-state index >= 15 is 0 Å². The molecule has 1 amide bonds. The van der Waals surface area contributed by atoms with Crippen molar-refractivity contribution < 1.29 is 9.21 Å². The molecule has 0 fully saturated rings. The second kappa shape index (κ2) is 7.94. The van der Waals surface area contributed by atoms with Crippen LogP contribution in [0.1, 0.15) is 21.5 Å². The minimum Gasteiger partial charge on any atom is -0.444 e. The Balaban J connectivity index is 1.50. The van der Waals surface area contributed by atoms with Crippen molar-refractivity contribution in [3.05, 3.63) is 94.7 Å². The van der Waals surface area contributed by atoms with Crippen LogP contribution in [-0.4, -0.2) is 10.9 Å². The molecule has 0 aliphatic heterocycles. The molecule has 144 valence electrons. The number of rotatable bonds is 4. The molecule has 1 N–H and O–H groups in total. The first-order chi connectivity index (χ1) is 14.0. The normalized spacial score (nSPS) is 10.7. The van der Waals surface area contributed by atoms with Gasteiger partial charge in [-0.3, -0.25) is 4.79 Å². The van der Waals surface area contributed by atoms with E-state index in [0.717, 1.165) is 22.4 Å². The fourth-order valence-corrected chi connectivity index (χ4v) is 3.26. The number of nitrogens with zero attached hydrogens (tertiary/aromatic N) is 1. The lowest BCUT2D eigenvalue weighted by Gasteiger charge is -2.06. The molecule has 0 unspecified atom stereocenters. The van der Waals surface area contributed by atoms with Gasteiger partial charge in [-0.25, -0.2) is 4.98 Å². The first-order valence-electron chi connectivity index (χ1n) is 9.20. The van der Waals surface area contributed by atoms with Crippen molar-refractivity contribution >= 4 is 23.2 Å². The number of aromatic nitrogens is 1. The Hall–Kier alpha value is -3.37. The summed E-state index contributed by atoms with van der Waals surface area (Å²) in [4.78, 5) is 16.9. The predicted molar refractivity (Wildman–Crippen MR) is 116 cm³/mol. The highest BCUT2D eigenvalue weighted by molar-refractivity contribution is 6.30. The lowest BCUT2D eigenvalue weighted by molar-refractivity contribution is 0.102. The second-order valence-electron chi connectivity index (χ2n) is 6.89. The Morgan fingerprint density at radius 2 is 1.69 bits per heavy atom. The van der Waals surface area contributed by atoms with E-state index in [1.807, 2.05) is 24.3 Å². The van der Waals surface area contributed by atoms with Crippen LogP contribution >= 0.6 is 11.6 Å². The summed E-state index contributed by atoms with van der Waals surface area (Å²) in [6.07, 6.45) is 1.67. The number of aryl methyl sites for hydroxylation is 2. The molecule has 0 radical (unpaired) electrons. The highest BCUT2D eigenvalue weighted by atomic mass is 35.5. The van der Waals surface area contributed by atoms with Crippen LogP contribution in [0.25, 0.3) is 22.7 Å². The molecule has 5 heteroatoms. The zero-order chi connectivity index (χ0) is 20.4. The number of nitrogens with one attached hydrogen (secondary N) is 1. The van der Waals surface area contributed by atoms with E-state index in [4.69, 9.17) is 16.0 Å². The number of halogens is 1. The van der Waals surface area contributed by atoms with Crippen molar-refractivity contribution in [2.45, 2.75) is 13.8 Å². The number of benzene rings is 3. The minimum atomic E-state index is -0.192. The van der Waals surface area contributed by atoms with Crippen molar-refractivity contribution in [1.82, 2.24) is 4.98 Å². The first kappa shape index (κ1) is 19.0. The molecule has 0 saturated heterocycles. The van der Waals surface area contributed by atoms with Crippen molar-refractivity contribution in [3.8, 4) is 22.7 Å². The average Bonchev–Trinajstić information content (AvgIpc) is 3.19. The molecule has 4 aromatic rings. The summed E-state index contributed by atoms with van der Waals surface area (Å²) in [5.41, 5.74) is 6.30. The van der Waals surface area contributed by atoms with Gasteiger partial charge in [0.15, 0.2) is 0 Å². The van der Waals surface area contributed by atoms with Crippen LogP contribution in [0.4, 0.5) is 5.69 Å². The van der Waals surface area contributed by atoms with Gasteiger partial charge in [-0.1, -0.05) is 35.4 Å². The van der Waals surface area contributed by atoms with Gasteiger partial charge < -0.3 is 9.73 Å². The number of amides is 1. The Kier molecular flexibility index (Phi) is 5.19. The minimum absolute atomic E-state index is 0.192. The summed E-state index contributed by atoms with van der Waals surface area (Å²) in [7, 11) is 0. The number of oxazole rings is 1. The lowest BCUT2D eigenvalue weighted by Crippen LogP contribution is -2.11. The van der Waals surface area contributed by atoms with E-state index in [-0.39, 0.29) is 5.91 Å². The maximum atomic E-state index is 12.3. The number of hydrogen-bond acceptors (Lipinski definition) is 3. The van der Waals surface area contributed by atoms with Crippen LogP contribution in [-0.2, 0) is 0 Å². The third-order valence-electron chi connectivity index (χ3n) is 4.66. The van der Waals surface area contributed by atoms with Crippen LogP contribution in [0.15, 0.2) is 77.4 Å². The summed E-state index contributed by atoms with van der Waals surface area (Å²) in [5.74, 6) is 0.346. The monoisotopic (exact) mass is 402 g/mol. The lowest BCUT2D eigenvalue weighted by atomic mass is 10.0. The van der Waals surface area contributed by atoms with Crippen molar-refractivity contribution in [2.24, 2.45) is 0 Å². The molecule has 29 heavy (non-hydrogen) atoms. The van der Waals surface area contributed by atoms with E-state index in [2.05, 4.69) is 42.3 Å². The quantitative estimate of drug-likeness (QED) is 0.422. The van der Waals surface area contributed by atoms with E-state index in [9.17, 15) is 4.79 Å². The van der Waals surface area contributed by atoms with E-state index in [0.29, 0.717) is 22.2 Å². The van der Waals surface area contributed by atoms with Crippen LogP contribution in [0.5, 0.6) is 0 Å². The van der Waals surface area contributed by atoms with Crippen molar-refractivity contribution in [2.75, 3.05) is 5.32 Å². The molecule has 3 aromatic carbocycles. The third-order valence-corrected chi connectivity index (χ3v) is 4.91. The van der Waals surface area contributed by atoms with Gasteiger partial charge >= 0.3 is 0 Å². The maximum Gasteiger partial charge on any atom is 0.255 e. The molecule has 4 rings (SSSR count). The zero-order valence-corrected chi connectivity index (χ0v) is 16.8. The number of carbonyl (C=O) groups excluding carboxylic acids is 1. The van der Waals surface area contributed by atoms with Gasteiger partial charge in [-0.15, -0.1) is 0 Å². The Morgan fingerprint density at radius 1 is 0.966 bits per heavy atom. The third kappa shape index (κ3) is 4.23. The molecule has 0 spiro atoms. The van der Waals surface area contributed by atoms with Crippen LogP contribution in [0.2, 0.25) is 5.02 Å². The molecular formula is C24H19ClN2O2. The topological polar surface area (TPSA) is 55.1 Å².